The van der Waals surface area contributed by atoms with Crippen molar-refractivity contribution in [2.75, 3.05) is 5.32 Å². The number of rotatable bonds is 5. The van der Waals surface area contributed by atoms with Gasteiger partial charge in [-0.1, -0.05) is 30.4 Å². The van der Waals surface area contributed by atoms with E-state index in [2.05, 4.69) is 15.5 Å². The molecular weight excluding hydrogens is 248 g/mol. The minimum Gasteiger partial charge on any atom is -0.366 e. The fraction of sp³-hybridized carbons (Fsp3) is 0.250. The van der Waals surface area contributed by atoms with Crippen molar-refractivity contribution in [1.29, 1.82) is 0 Å². The average Bonchev–Trinajstić information content (AvgIpc) is 2.84. The van der Waals surface area contributed by atoms with E-state index in [4.69, 9.17) is 5.73 Å². The Morgan fingerprint density at radius 2 is 2.28 bits per heavy atom. The highest BCUT2D eigenvalue weighted by Gasteiger charge is 2.04. The van der Waals surface area contributed by atoms with Gasteiger partial charge in [-0.25, -0.2) is 0 Å². The van der Waals surface area contributed by atoms with Crippen LogP contribution < -0.4 is 11.1 Å². The highest BCUT2D eigenvalue weighted by Crippen LogP contribution is 2.16. The smallest absolute Gasteiger partial charge is 0.248 e. The van der Waals surface area contributed by atoms with Crippen molar-refractivity contribution in [3.63, 3.8) is 0 Å². The number of hydrogen-bond acceptors (Lipinski definition) is 5. The number of amides is 1. The van der Waals surface area contributed by atoms with E-state index in [1.54, 1.807) is 12.1 Å². The predicted molar refractivity (Wildman–Crippen MR) is 71.6 cm³/mol. The van der Waals surface area contributed by atoms with Gasteiger partial charge in [0.25, 0.3) is 0 Å². The van der Waals surface area contributed by atoms with Crippen molar-refractivity contribution in [3.8, 4) is 0 Å². The lowest BCUT2D eigenvalue weighted by Crippen LogP contribution is -2.11. The third-order valence-electron chi connectivity index (χ3n) is 2.42. The Kier molecular flexibility index (Phi) is 3.88. The first-order valence-corrected chi connectivity index (χ1v) is 6.45. The second-order valence-electron chi connectivity index (χ2n) is 3.77. The Morgan fingerprint density at radius 1 is 1.44 bits per heavy atom. The van der Waals surface area contributed by atoms with Crippen molar-refractivity contribution in [2.45, 2.75) is 19.9 Å². The number of aryl methyl sites for hydroxylation is 1. The van der Waals surface area contributed by atoms with Crippen molar-refractivity contribution < 1.29 is 4.79 Å². The Balaban J connectivity index is 2.01. The first-order valence-electron chi connectivity index (χ1n) is 5.64. The number of benzene rings is 1. The molecule has 94 valence electrons. The number of primary amides is 1. The second kappa shape index (κ2) is 5.59. The van der Waals surface area contributed by atoms with Crippen molar-refractivity contribution in [2.24, 2.45) is 5.73 Å². The van der Waals surface area contributed by atoms with E-state index in [-0.39, 0.29) is 0 Å². The van der Waals surface area contributed by atoms with Gasteiger partial charge >= 0.3 is 0 Å². The molecule has 1 aromatic heterocycles. The summed E-state index contributed by atoms with van der Waals surface area (Å²) < 4.78 is 0. The molecule has 2 aromatic rings. The minimum absolute atomic E-state index is 0.416. The molecule has 0 saturated carbocycles. The number of anilines is 1. The molecule has 1 heterocycles. The molecule has 1 amide bonds. The van der Waals surface area contributed by atoms with Crippen LogP contribution in [0.1, 0.15) is 27.9 Å². The summed E-state index contributed by atoms with van der Waals surface area (Å²) in [5, 5.41) is 13.0. The van der Waals surface area contributed by atoms with Gasteiger partial charge in [-0.15, -0.1) is 10.2 Å². The van der Waals surface area contributed by atoms with E-state index in [9.17, 15) is 4.79 Å². The van der Waals surface area contributed by atoms with Gasteiger partial charge in [0.2, 0.25) is 11.0 Å². The lowest BCUT2D eigenvalue weighted by molar-refractivity contribution is 0.1000. The summed E-state index contributed by atoms with van der Waals surface area (Å²) in [5.41, 5.74) is 6.73. The predicted octanol–water partition coefficient (Wildman–Crippen LogP) is 1.81. The topological polar surface area (TPSA) is 80.9 Å². The number of nitrogens with zero attached hydrogens (tertiary/aromatic N) is 2. The fourth-order valence-electron chi connectivity index (χ4n) is 1.48. The van der Waals surface area contributed by atoms with Crippen molar-refractivity contribution >= 4 is 22.4 Å². The van der Waals surface area contributed by atoms with E-state index >= 15 is 0 Å². The number of nitrogens with two attached hydrogens (primary N) is 1. The number of nitrogens with one attached hydrogen (secondary N) is 1. The SMILES string of the molecule is CCc1nnc(NCc2cccc(C(N)=O)c2)s1. The lowest BCUT2D eigenvalue weighted by Gasteiger charge is -2.03. The highest BCUT2D eigenvalue weighted by molar-refractivity contribution is 7.15. The summed E-state index contributed by atoms with van der Waals surface area (Å²) in [4.78, 5) is 11.1. The quantitative estimate of drug-likeness (QED) is 0.861. The largest absolute Gasteiger partial charge is 0.366 e. The molecule has 5 nitrogen and oxygen atoms in total. The van der Waals surface area contributed by atoms with E-state index in [0.717, 1.165) is 22.1 Å². The molecule has 6 heteroatoms. The fourth-order valence-corrected chi connectivity index (χ4v) is 2.16. The van der Waals surface area contributed by atoms with Crippen LogP contribution in [0.15, 0.2) is 24.3 Å². The molecule has 0 aliphatic heterocycles. The molecule has 3 N–H and O–H groups in total. The van der Waals surface area contributed by atoms with Crippen LogP contribution in [0, 0.1) is 0 Å². The zero-order valence-electron chi connectivity index (χ0n) is 10.0. The third-order valence-corrected chi connectivity index (χ3v) is 3.45. The Morgan fingerprint density at radius 3 is 2.94 bits per heavy atom. The lowest BCUT2D eigenvalue weighted by atomic mass is 10.1. The zero-order chi connectivity index (χ0) is 13.0. The van der Waals surface area contributed by atoms with Crippen LogP contribution in [0.5, 0.6) is 0 Å². The molecule has 0 unspecified atom stereocenters. The Hall–Kier alpha value is -1.95. The van der Waals surface area contributed by atoms with E-state index in [1.807, 2.05) is 19.1 Å². The normalized spacial score (nSPS) is 10.3. The van der Waals surface area contributed by atoms with E-state index in [0.29, 0.717) is 12.1 Å². The van der Waals surface area contributed by atoms with Crippen LogP contribution in [0.4, 0.5) is 5.13 Å². The second-order valence-corrected chi connectivity index (χ2v) is 4.83. The summed E-state index contributed by atoms with van der Waals surface area (Å²) in [6.07, 6.45) is 0.885. The van der Waals surface area contributed by atoms with Gasteiger partial charge in [0.1, 0.15) is 5.01 Å². The van der Waals surface area contributed by atoms with Crippen LogP contribution >= 0.6 is 11.3 Å². The van der Waals surface area contributed by atoms with Gasteiger partial charge in [0, 0.05) is 12.1 Å². The summed E-state index contributed by atoms with van der Waals surface area (Å²) in [6, 6.07) is 7.22. The molecular formula is C12H14N4OS. The number of carbonyl (C=O) groups is 1. The number of hydrogen-bond donors (Lipinski definition) is 2. The standard InChI is InChI=1S/C12H14N4OS/c1-2-10-15-16-12(18-10)14-7-8-4-3-5-9(6-8)11(13)17/h3-6H,2,7H2,1H3,(H2,13,17)(H,14,16). The Bertz CT molecular complexity index is 553. The number of carbonyl (C=O) groups excluding carboxylic acids is 1. The van der Waals surface area contributed by atoms with E-state index < -0.39 is 5.91 Å². The molecule has 0 radical (unpaired) electrons. The molecule has 0 atom stereocenters. The number of aromatic nitrogens is 2. The molecule has 18 heavy (non-hydrogen) atoms. The molecule has 0 aliphatic rings. The van der Waals surface area contributed by atoms with Crippen molar-refractivity contribution in [3.05, 3.63) is 40.4 Å². The van der Waals surface area contributed by atoms with Gasteiger partial charge < -0.3 is 11.1 Å². The van der Waals surface area contributed by atoms with Gasteiger partial charge in [0.15, 0.2) is 0 Å². The van der Waals surface area contributed by atoms with Crippen LogP contribution in [-0.2, 0) is 13.0 Å². The van der Waals surface area contributed by atoms with Gasteiger partial charge in [-0.05, 0) is 24.1 Å². The molecule has 0 saturated heterocycles. The summed E-state index contributed by atoms with van der Waals surface area (Å²) in [5.74, 6) is -0.416. The summed E-state index contributed by atoms with van der Waals surface area (Å²) in [7, 11) is 0. The maximum atomic E-state index is 11.1. The Labute approximate surface area is 109 Å². The molecule has 0 fully saturated rings. The van der Waals surface area contributed by atoms with Gasteiger partial charge in [-0.3, -0.25) is 4.79 Å². The highest BCUT2D eigenvalue weighted by atomic mass is 32.1. The summed E-state index contributed by atoms with van der Waals surface area (Å²) >= 11 is 1.54. The summed E-state index contributed by atoms with van der Waals surface area (Å²) in [6.45, 7) is 2.64. The van der Waals surface area contributed by atoms with Crippen LogP contribution in [0.2, 0.25) is 0 Å². The maximum absolute atomic E-state index is 11.1. The molecule has 2 rings (SSSR count). The van der Waals surface area contributed by atoms with Crippen LogP contribution in [-0.4, -0.2) is 16.1 Å². The molecule has 0 aliphatic carbocycles. The molecule has 0 spiro atoms. The van der Waals surface area contributed by atoms with Gasteiger partial charge in [0.05, 0.1) is 0 Å². The first-order chi connectivity index (χ1) is 8.69. The van der Waals surface area contributed by atoms with Gasteiger partial charge in [-0.2, -0.15) is 0 Å². The first kappa shape index (κ1) is 12.5. The zero-order valence-corrected chi connectivity index (χ0v) is 10.8. The molecule has 0 bridgehead atoms. The van der Waals surface area contributed by atoms with Crippen molar-refractivity contribution in [1.82, 2.24) is 10.2 Å². The third kappa shape index (κ3) is 3.04. The van der Waals surface area contributed by atoms with Crippen LogP contribution in [0.25, 0.3) is 0 Å². The molecule has 1 aromatic carbocycles. The monoisotopic (exact) mass is 262 g/mol. The minimum atomic E-state index is -0.416. The average molecular weight is 262 g/mol. The maximum Gasteiger partial charge on any atom is 0.248 e. The van der Waals surface area contributed by atoms with Crippen LogP contribution in [0.3, 0.4) is 0 Å². The van der Waals surface area contributed by atoms with E-state index in [1.165, 1.54) is 11.3 Å².